The van der Waals surface area contributed by atoms with Crippen molar-refractivity contribution in [1.82, 2.24) is 0 Å². The van der Waals surface area contributed by atoms with Crippen molar-refractivity contribution >= 4 is 34.4 Å². The molecule has 1 aliphatic heterocycles. The highest BCUT2D eigenvalue weighted by Gasteiger charge is 2.15. The Morgan fingerprint density at radius 3 is 2.16 bits per heavy atom. The fraction of sp³-hybridized carbons (Fsp3) is 0.381. The average molecular weight is 354 g/mol. The van der Waals surface area contributed by atoms with Crippen LogP contribution in [0.15, 0.2) is 42.5 Å². The second-order valence-electron chi connectivity index (χ2n) is 7.09. The monoisotopic (exact) mass is 353 g/mol. The molecule has 0 aliphatic carbocycles. The van der Waals surface area contributed by atoms with Gasteiger partial charge in [0.05, 0.1) is 0 Å². The van der Waals surface area contributed by atoms with Crippen molar-refractivity contribution in [2.45, 2.75) is 33.6 Å². The third kappa shape index (κ3) is 4.73. The number of hydrogen-bond acceptors (Lipinski definition) is 2. The van der Waals surface area contributed by atoms with Gasteiger partial charge in [-0.05, 0) is 92.4 Å². The van der Waals surface area contributed by atoms with E-state index in [0.717, 1.165) is 30.4 Å². The first kappa shape index (κ1) is 17.7. The predicted molar refractivity (Wildman–Crippen MR) is 113 cm³/mol. The summed E-state index contributed by atoms with van der Waals surface area (Å²) >= 11 is 5.43. The molecule has 0 amide bonds. The molecule has 3 nitrogen and oxygen atoms in total. The lowest BCUT2D eigenvalue weighted by Gasteiger charge is -2.32. The maximum Gasteiger partial charge on any atom is 0.175 e. The predicted octanol–water partition coefficient (Wildman–Crippen LogP) is 5.35. The molecule has 1 fully saturated rings. The summed E-state index contributed by atoms with van der Waals surface area (Å²) in [4.78, 5) is 2.47. The maximum absolute atomic E-state index is 5.43. The van der Waals surface area contributed by atoms with Gasteiger partial charge in [0.25, 0.3) is 0 Å². The number of nitrogens with one attached hydrogen (secondary N) is 2. The summed E-state index contributed by atoms with van der Waals surface area (Å²) in [6.45, 7) is 8.87. The van der Waals surface area contributed by atoms with E-state index in [1.165, 1.54) is 29.7 Å². The summed E-state index contributed by atoms with van der Waals surface area (Å²) in [5.41, 5.74) is 5.86. The van der Waals surface area contributed by atoms with E-state index in [-0.39, 0.29) is 0 Å². The molecule has 0 spiro atoms. The summed E-state index contributed by atoms with van der Waals surface area (Å²) < 4.78 is 0. The normalized spacial score (nSPS) is 15.1. The number of thiocarbonyl (C=S) groups is 1. The third-order valence-corrected chi connectivity index (χ3v) is 5.24. The SMILES string of the molecule is Cc1ccc(NC(=S)Nc2ccc(N3CCC(C)CC3)cc2)cc1C. The zero-order valence-corrected chi connectivity index (χ0v) is 16.1. The lowest BCUT2D eigenvalue weighted by molar-refractivity contribution is 0.438. The molecule has 2 N–H and O–H groups in total. The van der Waals surface area contributed by atoms with Gasteiger partial charge in [-0.2, -0.15) is 0 Å². The van der Waals surface area contributed by atoms with Gasteiger partial charge in [0.1, 0.15) is 0 Å². The number of aryl methyl sites for hydroxylation is 2. The largest absolute Gasteiger partial charge is 0.372 e. The molecular formula is C21H27N3S. The van der Waals surface area contributed by atoms with Crippen LogP contribution in [0.3, 0.4) is 0 Å². The summed E-state index contributed by atoms with van der Waals surface area (Å²) in [5.74, 6) is 0.853. The van der Waals surface area contributed by atoms with E-state index in [4.69, 9.17) is 12.2 Å². The van der Waals surface area contributed by atoms with Crippen LogP contribution in [0.4, 0.5) is 17.1 Å². The van der Waals surface area contributed by atoms with Crippen molar-refractivity contribution in [2.24, 2.45) is 5.92 Å². The molecular weight excluding hydrogens is 326 g/mol. The van der Waals surface area contributed by atoms with Crippen molar-refractivity contribution in [2.75, 3.05) is 28.6 Å². The van der Waals surface area contributed by atoms with Crippen LogP contribution in [0.1, 0.15) is 30.9 Å². The molecule has 132 valence electrons. The fourth-order valence-electron chi connectivity index (χ4n) is 3.13. The van der Waals surface area contributed by atoms with Gasteiger partial charge in [-0.3, -0.25) is 0 Å². The molecule has 1 heterocycles. The molecule has 0 unspecified atom stereocenters. The van der Waals surface area contributed by atoms with Crippen molar-refractivity contribution in [1.29, 1.82) is 0 Å². The van der Waals surface area contributed by atoms with E-state index in [1.54, 1.807) is 0 Å². The summed E-state index contributed by atoms with van der Waals surface area (Å²) in [6.07, 6.45) is 2.56. The minimum atomic E-state index is 0.614. The first-order chi connectivity index (χ1) is 12.0. The molecule has 25 heavy (non-hydrogen) atoms. The van der Waals surface area contributed by atoms with E-state index >= 15 is 0 Å². The Morgan fingerprint density at radius 2 is 1.52 bits per heavy atom. The van der Waals surface area contributed by atoms with Gasteiger partial charge in [0, 0.05) is 30.2 Å². The second-order valence-corrected chi connectivity index (χ2v) is 7.50. The smallest absolute Gasteiger partial charge is 0.175 e. The van der Waals surface area contributed by atoms with Gasteiger partial charge < -0.3 is 15.5 Å². The van der Waals surface area contributed by atoms with Crippen molar-refractivity contribution in [3.63, 3.8) is 0 Å². The van der Waals surface area contributed by atoms with Gasteiger partial charge in [-0.25, -0.2) is 0 Å². The van der Waals surface area contributed by atoms with Gasteiger partial charge in [-0.1, -0.05) is 13.0 Å². The Morgan fingerprint density at radius 1 is 0.920 bits per heavy atom. The van der Waals surface area contributed by atoms with Gasteiger partial charge in [0.15, 0.2) is 5.11 Å². The molecule has 0 radical (unpaired) electrons. The summed E-state index contributed by atoms with van der Waals surface area (Å²) in [7, 11) is 0. The molecule has 1 saturated heterocycles. The molecule has 0 saturated carbocycles. The van der Waals surface area contributed by atoms with E-state index < -0.39 is 0 Å². The van der Waals surface area contributed by atoms with E-state index in [1.807, 2.05) is 0 Å². The zero-order valence-electron chi connectivity index (χ0n) is 15.3. The molecule has 3 rings (SSSR count). The van der Waals surface area contributed by atoms with Crippen molar-refractivity contribution < 1.29 is 0 Å². The standard InChI is InChI=1S/C21H27N3S/c1-15-10-12-24(13-11-15)20-8-6-18(7-9-20)22-21(25)23-19-5-4-16(2)17(3)14-19/h4-9,14-15H,10-13H2,1-3H3,(H2,22,23,25). The molecule has 0 bridgehead atoms. The van der Waals surface area contributed by atoms with E-state index in [9.17, 15) is 0 Å². The average Bonchev–Trinajstić information content (AvgIpc) is 2.60. The molecule has 0 aromatic heterocycles. The number of rotatable bonds is 3. The molecule has 1 aliphatic rings. The lowest BCUT2D eigenvalue weighted by Crippen LogP contribution is -2.32. The number of hydrogen-bond donors (Lipinski definition) is 2. The van der Waals surface area contributed by atoms with Crippen LogP contribution in [0.2, 0.25) is 0 Å². The highest BCUT2D eigenvalue weighted by Crippen LogP contribution is 2.24. The minimum Gasteiger partial charge on any atom is -0.372 e. The third-order valence-electron chi connectivity index (χ3n) is 5.04. The first-order valence-corrected chi connectivity index (χ1v) is 9.42. The lowest BCUT2D eigenvalue weighted by atomic mass is 9.99. The fourth-order valence-corrected chi connectivity index (χ4v) is 3.37. The Bertz CT molecular complexity index is 731. The Balaban J connectivity index is 1.57. The van der Waals surface area contributed by atoms with Gasteiger partial charge in [0.2, 0.25) is 0 Å². The Hall–Kier alpha value is -2.07. The highest BCUT2D eigenvalue weighted by molar-refractivity contribution is 7.80. The van der Waals surface area contributed by atoms with E-state index in [0.29, 0.717) is 5.11 Å². The number of benzene rings is 2. The Labute approximate surface area is 156 Å². The molecule has 2 aromatic rings. The van der Waals surface area contributed by atoms with Crippen LogP contribution in [0, 0.1) is 19.8 Å². The van der Waals surface area contributed by atoms with Gasteiger partial charge >= 0.3 is 0 Å². The first-order valence-electron chi connectivity index (χ1n) is 9.01. The van der Waals surface area contributed by atoms with Crippen LogP contribution in [-0.4, -0.2) is 18.2 Å². The number of anilines is 3. The number of nitrogens with zero attached hydrogens (tertiary/aromatic N) is 1. The minimum absolute atomic E-state index is 0.614. The number of piperidine rings is 1. The van der Waals surface area contributed by atoms with Crippen LogP contribution in [0.5, 0.6) is 0 Å². The second kappa shape index (κ2) is 7.87. The summed E-state index contributed by atoms with van der Waals surface area (Å²) in [6, 6.07) is 14.8. The molecule has 4 heteroatoms. The van der Waals surface area contributed by atoms with Crippen molar-refractivity contribution in [3.8, 4) is 0 Å². The van der Waals surface area contributed by atoms with Crippen molar-refractivity contribution in [3.05, 3.63) is 53.6 Å². The van der Waals surface area contributed by atoms with Crippen LogP contribution >= 0.6 is 12.2 Å². The molecule has 0 atom stereocenters. The summed E-state index contributed by atoms with van der Waals surface area (Å²) in [5, 5.41) is 7.13. The topological polar surface area (TPSA) is 27.3 Å². The molecule has 2 aromatic carbocycles. The van der Waals surface area contributed by atoms with Crippen LogP contribution in [0.25, 0.3) is 0 Å². The van der Waals surface area contributed by atoms with Crippen LogP contribution < -0.4 is 15.5 Å². The zero-order chi connectivity index (χ0) is 17.8. The highest BCUT2D eigenvalue weighted by atomic mass is 32.1. The quantitative estimate of drug-likeness (QED) is 0.728. The van der Waals surface area contributed by atoms with Gasteiger partial charge in [-0.15, -0.1) is 0 Å². The van der Waals surface area contributed by atoms with Crippen LogP contribution in [-0.2, 0) is 0 Å². The Kier molecular flexibility index (Phi) is 5.59. The maximum atomic E-state index is 5.43. The van der Waals surface area contributed by atoms with E-state index in [2.05, 4.69) is 78.8 Å².